The lowest BCUT2D eigenvalue weighted by atomic mass is 9.94. The monoisotopic (exact) mass is 378 g/mol. The van der Waals surface area contributed by atoms with Crippen LogP contribution >= 0.6 is 0 Å². The van der Waals surface area contributed by atoms with Gasteiger partial charge >= 0.3 is 0 Å². The minimum absolute atomic E-state index is 0.0454. The number of piperidine rings is 1. The van der Waals surface area contributed by atoms with Gasteiger partial charge in [-0.25, -0.2) is 15.0 Å². The van der Waals surface area contributed by atoms with Crippen LogP contribution in [0.15, 0.2) is 30.9 Å². The summed E-state index contributed by atoms with van der Waals surface area (Å²) >= 11 is 0. The normalized spacial score (nSPS) is 20.2. The first-order valence-corrected chi connectivity index (χ1v) is 9.50. The number of aromatic nitrogens is 3. The number of carbonyl (C=O) groups excluding carboxylic acids is 1. The van der Waals surface area contributed by atoms with Crippen LogP contribution in [0.2, 0.25) is 0 Å². The predicted octanol–water partition coefficient (Wildman–Crippen LogP) is 2.17. The molecule has 28 heavy (non-hydrogen) atoms. The Balaban J connectivity index is 1.41. The highest BCUT2D eigenvalue weighted by Gasteiger charge is 2.37. The Morgan fingerprint density at radius 3 is 2.79 bits per heavy atom. The number of pyridine rings is 1. The van der Waals surface area contributed by atoms with Crippen molar-refractivity contribution in [3.63, 3.8) is 0 Å². The van der Waals surface area contributed by atoms with Crippen LogP contribution in [0.1, 0.15) is 42.1 Å². The van der Waals surface area contributed by atoms with Crippen molar-refractivity contribution < 1.29 is 9.63 Å². The van der Waals surface area contributed by atoms with Crippen molar-refractivity contribution in [1.82, 2.24) is 20.0 Å². The summed E-state index contributed by atoms with van der Waals surface area (Å²) in [6.45, 7) is 3.96. The lowest BCUT2D eigenvalue weighted by Gasteiger charge is -2.34. The fourth-order valence-corrected chi connectivity index (χ4v) is 3.87. The first-order valence-electron chi connectivity index (χ1n) is 9.50. The molecule has 144 valence electrons. The standard InChI is InChI=1S/C20H22N6O2/c1-14-8-16(12-22-11-14)18-4-7-28-26(18)20(27)15-2-5-25(6-3-15)19-9-17(10-21)23-13-24-19/h8-9,11-13,15,18H,2-7H2,1H3/t18-/m0/s1. The first kappa shape index (κ1) is 18.3. The van der Waals surface area contributed by atoms with Gasteiger partial charge in [0.15, 0.2) is 0 Å². The molecule has 0 unspecified atom stereocenters. The molecule has 0 aliphatic carbocycles. The topological polar surface area (TPSA) is 95.2 Å². The molecule has 8 nitrogen and oxygen atoms in total. The molecule has 0 spiro atoms. The van der Waals surface area contributed by atoms with Gasteiger partial charge in [-0.2, -0.15) is 5.26 Å². The van der Waals surface area contributed by atoms with Crippen molar-refractivity contribution in [2.24, 2.45) is 5.92 Å². The molecule has 0 saturated carbocycles. The van der Waals surface area contributed by atoms with Crippen molar-refractivity contribution >= 4 is 11.7 Å². The Labute approximate surface area is 163 Å². The molecule has 2 aromatic rings. The molecule has 2 saturated heterocycles. The second kappa shape index (κ2) is 7.90. The van der Waals surface area contributed by atoms with Gasteiger partial charge in [0.25, 0.3) is 0 Å². The molecule has 4 heterocycles. The van der Waals surface area contributed by atoms with Crippen LogP contribution in [0.5, 0.6) is 0 Å². The van der Waals surface area contributed by atoms with E-state index in [1.165, 1.54) is 6.33 Å². The summed E-state index contributed by atoms with van der Waals surface area (Å²) in [5.41, 5.74) is 2.45. The molecule has 4 rings (SSSR count). The Morgan fingerprint density at radius 2 is 2.04 bits per heavy atom. The Bertz CT molecular complexity index is 904. The number of hydroxylamine groups is 2. The summed E-state index contributed by atoms with van der Waals surface area (Å²) in [5, 5.41) is 10.6. The second-order valence-corrected chi connectivity index (χ2v) is 7.23. The number of anilines is 1. The molecule has 2 aromatic heterocycles. The molecule has 2 aliphatic heterocycles. The molecule has 8 heteroatoms. The van der Waals surface area contributed by atoms with E-state index in [1.807, 2.05) is 25.4 Å². The van der Waals surface area contributed by atoms with Crippen molar-refractivity contribution in [3.8, 4) is 6.07 Å². The summed E-state index contributed by atoms with van der Waals surface area (Å²) in [6, 6.07) is 5.72. The maximum absolute atomic E-state index is 13.1. The van der Waals surface area contributed by atoms with Gasteiger partial charge in [0.05, 0.1) is 12.6 Å². The fraction of sp³-hybridized carbons (Fsp3) is 0.450. The summed E-state index contributed by atoms with van der Waals surface area (Å²) in [4.78, 5) is 33.3. The van der Waals surface area contributed by atoms with E-state index in [0.29, 0.717) is 25.4 Å². The Hall–Kier alpha value is -3.05. The third-order valence-corrected chi connectivity index (χ3v) is 5.34. The molecule has 0 radical (unpaired) electrons. The average molecular weight is 378 g/mol. The zero-order valence-corrected chi connectivity index (χ0v) is 15.8. The van der Waals surface area contributed by atoms with E-state index in [0.717, 1.165) is 36.2 Å². The minimum atomic E-state index is -0.0770. The average Bonchev–Trinajstić information content (AvgIpc) is 3.23. The van der Waals surface area contributed by atoms with Gasteiger partial charge < -0.3 is 4.90 Å². The smallest absolute Gasteiger partial charge is 0.249 e. The molecule has 1 atom stereocenters. The Morgan fingerprint density at radius 1 is 1.21 bits per heavy atom. The molecule has 2 fully saturated rings. The summed E-state index contributed by atoms with van der Waals surface area (Å²) in [7, 11) is 0. The third-order valence-electron chi connectivity index (χ3n) is 5.34. The number of hydrogen-bond acceptors (Lipinski definition) is 7. The van der Waals surface area contributed by atoms with Crippen molar-refractivity contribution in [1.29, 1.82) is 5.26 Å². The van der Waals surface area contributed by atoms with Crippen molar-refractivity contribution in [2.75, 3.05) is 24.6 Å². The van der Waals surface area contributed by atoms with Gasteiger partial charge in [0, 0.05) is 43.9 Å². The van der Waals surface area contributed by atoms with E-state index in [1.54, 1.807) is 11.1 Å². The number of amides is 1. The van der Waals surface area contributed by atoms with Crippen LogP contribution in [0.25, 0.3) is 0 Å². The highest BCUT2D eigenvalue weighted by Crippen LogP contribution is 2.33. The molecular weight excluding hydrogens is 356 g/mol. The van der Waals surface area contributed by atoms with Crippen LogP contribution in [0.4, 0.5) is 5.82 Å². The molecule has 0 N–H and O–H groups in total. The number of hydrogen-bond donors (Lipinski definition) is 0. The van der Waals surface area contributed by atoms with Gasteiger partial charge in [-0.05, 0) is 30.9 Å². The second-order valence-electron chi connectivity index (χ2n) is 7.23. The van der Waals surface area contributed by atoms with Crippen LogP contribution in [0, 0.1) is 24.2 Å². The summed E-state index contributed by atoms with van der Waals surface area (Å²) < 4.78 is 0. The van der Waals surface area contributed by atoms with E-state index in [4.69, 9.17) is 10.1 Å². The predicted molar refractivity (Wildman–Crippen MR) is 101 cm³/mol. The van der Waals surface area contributed by atoms with Gasteiger partial charge in [-0.3, -0.25) is 14.6 Å². The lowest BCUT2D eigenvalue weighted by molar-refractivity contribution is -0.182. The number of rotatable bonds is 3. The zero-order valence-electron chi connectivity index (χ0n) is 15.8. The van der Waals surface area contributed by atoms with Gasteiger partial charge in [0.2, 0.25) is 5.91 Å². The Kier molecular flexibility index (Phi) is 5.17. The van der Waals surface area contributed by atoms with Crippen LogP contribution in [0.3, 0.4) is 0 Å². The maximum Gasteiger partial charge on any atom is 0.249 e. The number of carbonyl (C=O) groups is 1. The SMILES string of the molecule is Cc1cncc([C@@H]2CCON2C(=O)C2CCN(c3cc(C#N)ncn3)CC2)c1. The van der Waals surface area contributed by atoms with Crippen molar-refractivity contribution in [2.45, 2.75) is 32.2 Å². The molecular formula is C20H22N6O2. The lowest BCUT2D eigenvalue weighted by Crippen LogP contribution is -2.42. The van der Waals surface area contributed by atoms with E-state index >= 15 is 0 Å². The highest BCUT2D eigenvalue weighted by atomic mass is 16.7. The summed E-state index contributed by atoms with van der Waals surface area (Å²) in [6.07, 6.45) is 7.27. The zero-order chi connectivity index (χ0) is 19.5. The highest BCUT2D eigenvalue weighted by molar-refractivity contribution is 5.79. The first-order chi connectivity index (χ1) is 13.7. The number of nitrogens with zero attached hydrogens (tertiary/aromatic N) is 6. The van der Waals surface area contributed by atoms with Gasteiger partial charge in [0.1, 0.15) is 23.9 Å². The fourth-order valence-electron chi connectivity index (χ4n) is 3.87. The maximum atomic E-state index is 13.1. The third kappa shape index (κ3) is 3.66. The van der Waals surface area contributed by atoms with Crippen LogP contribution < -0.4 is 4.90 Å². The van der Waals surface area contributed by atoms with E-state index in [9.17, 15) is 4.79 Å². The van der Waals surface area contributed by atoms with Gasteiger partial charge in [-0.15, -0.1) is 0 Å². The molecule has 0 bridgehead atoms. The van der Waals surface area contributed by atoms with Crippen LogP contribution in [-0.2, 0) is 9.63 Å². The molecule has 0 aromatic carbocycles. The van der Waals surface area contributed by atoms with Crippen LogP contribution in [-0.4, -0.2) is 45.6 Å². The minimum Gasteiger partial charge on any atom is -0.356 e. The van der Waals surface area contributed by atoms with Gasteiger partial charge in [-0.1, -0.05) is 6.07 Å². The number of nitriles is 1. The van der Waals surface area contributed by atoms with E-state index < -0.39 is 0 Å². The number of aryl methyl sites for hydroxylation is 1. The molecule has 2 aliphatic rings. The van der Waals surface area contributed by atoms with Crippen molar-refractivity contribution in [3.05, 3.63) is 47.7 Å². The van der Waals surface area contributed by atoms with E-state index in [-0.39, 0.29) is 17.9 Å². The summed E-state index contributed by atoms with van der Waals surface area (Å²) in [5.74, 6) is 0.703. The van der Waals surface area contributed by atoms with E-state index in [2.05, 4.69) is 25.9 Å². The molecule has 1 amide bonds. The largest absolute Gasteiger partial charge is 0.356 e. The quantitative estimate of drug-likeness (QED) is 0.808.